The maximum absolute atomic E-state index is 12.3. The zero-order chi connectivity index (χ0) is 21.5. The van der Waals surface area contributed by atoms with Crippen LogP contribution in [0, 0.1) is 6.92 Å². The van der Waals surface area contributed by atoms with Gasteiger partial charge in [-0.2, -0.15) is 0 Å². The third kappa shape index (κ3) is 6.07. The number of carbonyl (C=O) groups is 1. The van der Waals surface area contributed by atoms with Gasteiger partial charge in [-0.1, -0.05) is 58.1 Å². The van der Waals surface area contributed by atoms with Crippen LogP contribution in [-0.4, -0.2) is 48.6 Å². The molecule has 8 heteroatoms. The lowest BCUT2D eigenvalue weighted by Crippen LogP contribution is -2.22. The highest BCUT2D eigenvalue weighted by molar-refractivity contribution is 9.10. The summed E-state index contributed by atoms with van der Waals surface area (Å²) in [7, 11) is 1.68. The first kappa shape index (κ1) is 22.8. The lowest BCUT2D eigenvalue weighted by Gasteiger charge is -2.12. The molecular formula is C22H22BrNO4S2. The molecule has 0 radical (unpaired) electrons. The molecular weight excluding hydrogens is 486 g/mol. The summed E-state index contributed by atoms with van der Waals surface area (Å²) >= 11 is 9.94. The van der Waals surface area contributed by atoms with Crippen molar-refractivity contribution in [2.45, 2.75) is 6.92 Å². The highest BCUT2D eigenvalue weighted by Crippen LogP contribution is 2.34. The second-order valence-corrected chi connectivity index (χ2v) is 9.09. The largest absolute Gasteiger partial charge is 0.491 e. The molecule has 2 aromatic rings. The number of thioether (sulfide) groups is 1. The normalized spacial score (nSPS) is 15.2. The van der Waals surface area contributed by atoms with Crippen molar-refractivity contribution >= 4 is 56.2 Å². The quantitative estimate of drug-likeness (QED) is 0.268. The van der Waals surface area contributed by atoms with E-state index in [-0.39, 0.29) is 5.91 Å². The van der Waals surface area contributed by atoms with Crippen molar-refractivity contribution in [1.29, 1.82) is 0 Å². The second kappa shape index (κ2) is 10.9. The SMILES string of the molecule is Cc1ccccc1OCCOCCOc1ccc(Br)cc1/C=C1\SC(=S)N(C)C1=O. The molecule has 1 amide bonds. The minimum Gasteiger partial charge on any atom is -0.491 e. The minimum absolute atomic E-state index is 0.104. The van der Waals surface area contributed by atoms with E-state index in [4.69, 9.17) is 26.4 Å². The summed E-state index contributed by atoms with van der Waals surface area (Å²) in [5.41, 5.74) is 1.91. The van der Waals surface area contributed by atoms with Gasteiger partial charge in [0, 0.05) is 17.1 Å². The van der Waals surface area contributed by atoms with Crippen LogP contribution in [0.25, 0.3) is 6.08 Å². The first-order valence-corrected chi connectivity index (χ1v) is 11.4. The number of halogens is 1. The molecule has 0 aliphatic carbocycles. The van der Waals surface area contributed by atoms with E-state index in [9.17, 15) is 4.79 Å². The Kier molecular flexibility index (Phi) is 8.32. The van der Waals surface area contributed by atoms with Gasteiger partial charge in [-0.3, -0.25) is 9.69 Å². The smallest absolute Gasteiger partial charge is 0.265 e. The maximum atomic E-state index is 12.3. The molecule has 1 aliphatic rings. The van der Waals surface area contributed by atoms with Crippen LogP contribution in [0.1, 0.15) is 11.1 Å². The molecule has 1 fully saturated rings. The van der Waals surface area contributed by atoms with Crippen molar-refractivity contribution in [3.05, 3.63) is 63.0 Å². The number of para-hydroxylation sites is 1. The van der Waals surface area contributed by atoms with Gasteiger partial charge in [0.05, 0.1) is 18.1 Å². The van der Waals surface area contributed by atoms with Crippen LogP contribution < -0.4 is 9.47 Å². The topological polar surface area (TPSA) is 48.0 Å². The van der Waals surface area contributed by atoms with Crippen LogP contribution >= 0.6 is 39.9 Å². The number of hydrogen-bond donors (Lipinski definition) is 0. The van der Waals surface area contributed by atoms with Crippen molar-refractivity contribution in [1.82, 2.24) is 4.90 Å². The minimum atomic E-state index is -0.104. The van der Waals surface area contributed by atoms with Gasteiger partial charge >= 0.3 is 0 Å². The van der Waals surface area contributed by atoms with Gasteiger partial charge < -0.3 is 14.2 Å². The lowest BCUT2D eigenvalue weighted by molar-refractivity contribution is -0.121. The molecule has 1 saturated heterocycles. The van der Waals surface area contributed by atoms with Gasteiger partial charge in [0.25, 0.3) is 5.91 Å². The monoisotopic (exact) mass is 507 g/mol. The number of likely N-dealkylation sites (N-methyl/N-ethyl adjacent to an activating group) is 1. The van der Waals surface area contributed by atoms with E-state index in [2.05, 4.69) is 15.9 Å². The zero-order valence-corrected chi connectivity index (χ0v) is 19.9. The van der Waals surface area contributed by atoms with Crippen LogP contribution in [0.3, 0.4) is 0 Å². The summed E-state index contributed by atoms with van der Waals surface area (Å²) in [6, 6.07) is 13.6. The standard InChI is InChI=1S/C22H22BrNO4S2/c1-15-5-3-4-6-18(15)27-11-9-26-10-12-28-19-8-7-17(23)13-16(19)14-20-21(25)24(2)22(29)30-20/h3-8,13-14H,9-12H2,1-2H3/b20-14-. The Labute approximate surface area is 194 Å². The summed E-state index contributed by atoms with van der Waals surface area (Å²) < 4.78 is 18.6. The predicted molar refractivity (Wildman–Crippen MR) is 128 cm³/mol. The van der Waals surface area contributed by atoms with Gasteiger partial charge in [0.1, 0.15) is 29.0 Å². The summed E-state index contributed by atoms with van der Waals surface area (Å²) in [5.74, 6) is 1.45. The van der Waals surface area contributed by atoms with Crippen molar-refractivity contribution in [2.24, 2.45) is 0 Å². The molecule has 0 bridgehead atoms. The Balaban J connectivity index is 1.48. The van der Waals surface area contributed by atoms with E-state index in [0.717, 1.165) is 21.3 Å². The molecule has 2 aromatic carbocycles. The molecule has 158 valence electrons. The third-order valence-corrected chi connectivity index (χ3v) is 6.29. The Bertz CT molecular complexity index is 964. The van der Waals surface area contributed by atoms with Crippen molar-refractivity contribution < 1.29 is 19.0 Å². The third-order valence-electron chi connectivity index (χ3n) is 4.31. The van der Waals surface area contributed by atoms with Crippen LogP contribution in [0.2, 0.25) is 0 Å². The summed E-state index contributed by atoms with van der Waals surface area (Å²) in [6.45, 7) is 3.79. The predicted octanol–water partition coefficient (Wildman–Crippen LogP) is 5.06. The van der Waals surface area contributed by atoms with Gasteiger partial charge in [-0.25, -0.2) is 0 Å². The van der Waals surface area contributed by atoms with Gasteiger partial charge in [0.15, 0.2) is 0 Å². The van der Waals surface area contributed by atoms with E-state index in [0.29, 0.717) is 41.4 Å². The molecule has 5 nitrogen and oxygen atoms in total. The fourth-order valence-corrected chi connectivity index (χ4v) is 4.24. The van der Waals surface area contributed by atoms with Gasteiger partial charge in [-0.05, 0) is 42.8 Å². The van der Waals surface area contributed by atoms with Crippen molar-refractivity contribution in [3.8, 4) is 11.5 Å². The van der Waals surface area contributed by atoms with Crippen LogP contribution in [0.5, 0.6) is 11.5 Å². The van der Waals surface area contributed by atoms with Crippen molar-refractivity contribution in [2.75, 3.05) is 33.5 Å². The fourth-order valence-electron chi connectivity index (χ4n) is 2.69. The Hall–Kier alpha value is -1.87. The number of rotatable bonds is 9. The second-order valence-electron chi connectivity index (χ2n) is 6.50. The van der Waals surface area contributed by atoms with E-state index < -0.39 is 0 Å². The Morgan fingerprint density at radius 1 is 1.07 bits per heavy atom. The van der Waals surface area contributed by atoms with Gasteiger partial charge in [-0.15, -0.1) is 0 Å². The molecule has 0 aromatic heterocycles. The molecule has 0 saturated carbocycles. The highest BCUT2D eigenvalue weighted by Gasteiger charge is 2.28. The number of amides is 1. The molecule has 1 heterocycles. The van der Waals surface area contributed by atoms with E-state index >= 15 is 0 Å². The first-order valence-electron chi connectivity index (χ1n) is 9.36. The highest BCUT2D eigenvalue weighted by atomic mass is 79.9. The number of aryl methyl sites for hydroxylation is 1. The number of benzene rings is 2. The van der Waals surface area contributed by atoms with Crippen LogP contribution in [0.4, 0.5) is 0 Å². The van der Waals surface area contributed by atoms with Gasteiger partial charge in [0.2, 0.25) is 0 Å². The van der Waals surface area contributed by atoms with Crippen LogP contribution in [-0.2, 0) is 9.53 Å². The molecule has 0 unspecified atom stereocenters. The van der Waals surface area contributed by atoms with Crippen molar-refractivity contribution in [3.63, 3.8) is 0 Å². The summed E-state index contributed by atoms with van der Waals surface area (Å²) in [5, 5.41) is 0. The summed E-state index contributed by atoms with van der Waals surface area (Å²) in [6.07, 6.45) is 1.81. The fraction of sp³-hybridized carbons (Fsp3) is 0.273. The maximum Gasteiger partial charge on any atom is 0.265 e. The molecule has 1 aliphatic heterocycles. The average Bonchev–Trinajstić information content (AvgIpc) is 2.96. The number of ether oxygens (including phenoxy) is 3. The molecule has 30 heavy (non-hydrogen) atoms. The van der Waals surface area contributed by atoms with Crippen LogP contribution in [0.15, 0.2) is 51.8 Å². The number of nitrogens with zero attached hydrogens (tertiary/aromatic N) is 1. The van der Waals surface area contributed by atoms with E-state index in [1.165, 1.54) is 16.7 Å². The molecule has 0 atom stereocenters. The lowest BCUT2D eigenvalue weighted by atomic mass is 10.2. The molecule has 0 N–H and O–H groups in total. The van der Waals surface area contributed by atoms with E-state index in [1.807, 2.05) is 49.4 Å². The molecule has 3 rings (SSSR count). The first-order chi connectivity index (χ1) is 14.5. The van der Waals surface area contributed by atoms with E-state index in [1.54, 1.807) is 13.1 Å². The summed E-state index contributed by atoms with van der Waals surface area (Å²) in [4.78, 5) is 14.3. The Morgan fingerprint density at radius 2 is 1.77 bits per heavy atom. The zero-order valence-electron chi connectivity index (χ0n) is 16.7. The number of thiocarbonyl (C=S) groups is 1. The number of carbonyl (C=O) groups excluding carboxylic acids is 1. The number of hydrogen-bond acceptors (Lipinski definition) is 6. The Morgan fingerprint density at radius 3 is 2.43 bits per heavy atom. The average molecular weight is 508 g/mol. The molecule has 0 spiro atoms.